The first kappa shape index (κ1) is 28.6. The minimum Gasteiger partial charge on any atom is -0.489 e. The molecule has 1 saturated heterocycles. The molecule has 222 valence electrons. The zero-order chi connectivity index (χ0) is 30.4. The highest BCUT2D eigenvalue weighted by molar-refractivity contribution is 6.34. The molecule has 1 fully saturated rings. The van der Waals surface area contributed by atoms with Gasteiger partial charge in [0.1, 0.15) is 29.7 Å². The Labute approximate surface area is 252 Å². The number of nitrogens with one attached hydrogen (secondary N) is 1. The predicted molar refractivity (Wildman–Crippen MR) is 165 cm³/mol. The highest BCUT2D eigenvalue weighted by Gasteiger charge is 2.31. The first-order chi connectivity index (χ1) is 20.7. The lowest BCUT2D eigenvalue weighted by atomic mass is 10.1. The Balaban J connectivity index is 1.68. The summed E-state index contributed by atoms with van der Waals surface area (Å²) in [7, 11) is 0. The average Bonchev–Trinajstić information content (AvgIpc) is 2.98. The molecule has 1 amide bonds. The number of pyridine rings is 2. The van der Waals surface area contributed by atoms with E-state index in [9.17, 15) is 9.59 Å². The van der Waals surface area contributed by atoms with Gasteiger partial charge in [-0.1, -0.05) is 38.1 Å². The molecule has 0 saturated carbocycles. The van der Waals surface area contributed by atoms with E-state index in [2.05, 4.69) is 21.9 Å². The van der Waals surface area contributed by atoms with Gasteiger partial charge in [0, 0.05) is 50.2 Å². The Morgan fingerprint density at radius 3 is 2.81 bits per heavy atom. The Morgan fingerprint density at radius 1 is 1.26 bits per heavy atom. The molecule has 43 heavy (non-hydrogen) atoms. The molecule has 0 radical (unpaired) electrons. The van der Waals surface area contributed by atoms with Crippen LogP contribution in [0.1, 0.15) is 32.4 Å². The Bertz CT molecular complexity index is 1830. The molecule has 1 N–H and O–H groups in total. The van der Waals surface area contributed by atoms with Crippen molar-refractivity contribution in [1.29, 1.82) is 0 Å². The van der Waals surface area contributed by atoms with Crippen LogP contribution in [-0.4, -0.2) is 69.2 Å². The lowest BCUT2D eigenvalue weighted by molar-refractivity contribution is -0.126. The Hall–Kier alpha value is -4.51. The molecular formula is C31H31ClFN7O3. The van der Waals surface area contributed by atoms with Crippen molar-refractivity contribution in [3.8, 4) is 22.7 Å². The van der Waals surface area contributed by atoms with E-state index in [-0.39, 0.29) is 46.4 Å². The van der Waals surface area contributed by atoms with E-state index in [1.165, 1.54) is 16.7 Å². The molecule has 2 aliphatic heterocycles. The molecular weight excluding hydrogens is 573 g/mol. The van der Waals surface area contributed by atoms with Gasteiger partial charge in [-0.25, -0.2) is 18.7 Å². The lowest BCUT2D eigenvalue weighted by Crippen LogP contribution is -2.54. The molecule has 5 heterocycles. The van der Waals surface area contributed by atoms with Crippen LogP contribution in [0, 0.1) is 5.82 Å². The number of carbonyl (C=O) groups excluding carboxylic acids is 1. The van der Waals surface area contributed by atoms with E-state index in [1.807, 2.05) is 25.7 Å². The summed E-state index contributed by atoms with van der Waals surface area (Å²) in [6.45, 7) is 11.3. The van der Waals surface area contributed by atoms with Crippen LogP contribution in [0.3, 0.4) is 0 Å². The highest BCUT2D eigenvalue weighted by Crippen LogP contribution is 2.40. The topological polar surface area (TPSA) is 105 Å². The number of benzene rings is 1. The number of halogens is 2. The van der Waals surface area contributed by atoms with Gasteiger partial charge in [-0.2, -0.15) is 4.98 Å². The summed E-state index contributed by atoms with van der Waals surface area (Å²) < 4.78 is 23.1. The van der Waals surface area contributed by atoms with Gasteiger partial charge >= 0.3 is 5.69 Å². The van der Waals surface area contributed by atoms with Gasteiger partial charge in [-0.05, 0) is 37.1 Å². The standard InChI is InChI=1S/C31H31ClFN7O3/c1-5-24(41)38-12-13-39(18(4)16-38)29-19-15-20(32)27-25-21(33)7-6-8-22(25)34-11-14-43-23-9-10-35-26(17(2)3)28(23)40(30(19)36-27)31(42)37-29/h5-10,15,17-18,34H,1,11-14,16H2,2-4H3/t18-/m0/s1. The summed E-state index contributed by atoms with van der Waals surface area (Å²) in [4.78, 5) is 44.2. The number of nitrogens with zero attached hydrogens (tertiary/aromatic N) is 6. The minimum absolute atomic E-state index is 0.0772. The number of hydrogen-bond donors (Lipinski definition) is 1. The fourth-order valence-electron chi connectivity index (χ4n) is 5.78. The molecule has 2 bridgehead atoms. The van der Waals surface area contributed by atoms with Crippen molar-refractivity contribution < 1.29 is 13.9 Å². The largest absolute Gasteiger partial charge is 0.489 e. The van der Waals surface area contributed by atoms with E-state index < -0.39 is 11.5 Å². The molecule has 1 atom stereocenters. The van der Waals surface area contributed by atoms with E-state index in [1.54, 1.807) is 35.4 Å². The third kappa shape index (κ3) is 4.97. The van der Waals surface area contributed by atoms with E-state index in [0.29, 0.717) is 60.2 Å². The molecule has 6 rings (SSSR count). The number of hydrogen-bond acceptors (Lipinski definition) is 8. The summed E-state index contributed by atoms with van der Waals surface area (Å²) >= 11 is 6.89. The predicted octanol–water partition coefficient (Wildman–Crippen LogP) is 4.79. The van der Waals surface area contributed by atoms with Crippen LogP contribution in [0.4, 0.5) is 15.9 Å². The molecule has 1 aromatic carbocycles. The fraction of sp³-hybridized carbons (Fsp3) is 0.323. The lowest BCUT2D eigenvalue weighted by Gasteiger charge is -2.40. The van der Waals surface area contributed by atoms with Gasteiger partial charge < -0.3 is 19.9 Å². The number of piperazine rings is 1. The number of aromatic nitrogens is 4. The van der Waals surface area contributed by atoms with Crippen molar-refractivity contribution in [2.24, 2.45) is 0 Å². The van der Waals surface area contributed by atoms with Gasteiger partial charge in [0.2, 0.25) is 5.91 Å². The summed E-state index contributed by atoms with van der Waals surface area (Å²) in [6.07, 6.45) is 2.94. The summed E-state index contributed by atoms with van der Waals surface area (Å²) in [5.74, 6) is 0.0804. The molecule has 0 aliphatic carbocycles. The van der Waals surface area contributed by atoms with Crippen molar-refractivity contribution in [3.63, 3.8) is 0 Å². The van der Waals surface area contributed by atoms with Crippen LogP contribution in [0.2, 0.25) is 5.02 Å². The fourth-order valence-corrected chi connectivity index (χ4v) is 6.02. The molecule has 4 aromatic rings. The van der Waals surface area contributed by atoms with Crippen LogP contribution in [-0.2, 0) is 4.79 Å². The number of fused-ring (bicyclic) bond motifs is 5. The number of rotatable bonds is 3. The second-order valence-electron chi connectivity index (χ2n) is 10.9. The smallest absolute Gasteiger partial charge is 0.356 e. The van der Waals surface area contributed by atoms with Crippen LogP contribution in [0.25, 0.3) is 28.0 Å². The number of amides is 1. The van der Waals surface area contributed by atoms with Crippen molar-refractivity contribution in [2.75, 3.05) is 43.0 Å². The summed E-state index contributed by atoms with van der Waals surface area (Å²) in [6, 6.07) is 7.91. The summed E-state index contributed by atoms with van der Waals surface area (Å²) in [5.41, 5.74) is 1.56. The third-order valence-corrected chi connectivity index (χ3v) is 8.09. The number of carbonyl (C=O) groups is 1. The van der Waals surface area contributed by atoms with Crippen LogP contribution < -0.4 is 20.6 Å². The second kappa shape index (κ2) is 11.3. The Kier molecular flexibility index (Phi) is 7.51. The Morgan fingerprint density at radius 2 is 2.07 bits per heavy atom. The maximum atomic E-state index is 15.5. The minimum atomic E-state index is -0.594. The van der Waals surface area contributed by atoms with Crippen LogP contribution in [0.15, 0.2) is 54.0 Å². The number of anilines is 2. The molecule has 3 aromatic heterocycles. The maximum absolute atomic E-state index is 15.5. The van der Waals surface area contributed by atoms with Gasteiger partial charge in [0.05, 0.1) is 27.4 Å². The van der Waals surface area contributed by atoms with Gasteiger partial charge in [0.15, 0.2) is 5.65 Å². The van der Waals surface area contributed by atoms with Crippen LogP contribution >= 0.6 is 11.6 Å². The monoisotopic (exact) mass is 603 g/mol. The third-order valence-electron chi connectivity index (χ3n) is 7.80. The first-order valence-corrected chi connectivity index (χ1v) is 14.5. The normalized spacial score (nSPS) is 16.6. The zero-order valence-electron chi connectivity index (χ0n) is 24.1. The quantitative estimate of drug-likeness (QED) is 0.334. The van der Waals surface area contributed by atoms with Crippen molar-refractivity contribution >= 4 is 40.0 Å². The first-order valence-electron chi connectivity index (χ1n) is 14.2. The average molecular weight is 604 g/mol. The van der Waals surface area contributed by atoms with Crippen LogP contribution in [0.5, 0.6) is 5.75 Å². The van der Waals surface area contributed by atoms with E-state index >= 15 is 4.39 Å². The molecule has 0 spiro atoms. The van der Waals surface area contributed by atoms with E-state index in [4.69, 9.17) is 21.3 Å². The van der Waals surface area contributed by atoms with Crippen molar-refractivity contribution in [3.05, 3.63) is 76.2 Å². The SMILES string of the molecule is C=CC(=O)N1CCN(c2nc(=O)n3c4nc(c(Cl)cc24)-c2c(F)cccc2NCCOc2ccnc(C(C)C)c2-3)[C@@H](C)C1. The molecule has 10 nitrogen and oxygen atoms in total. The van der Waals surface area contributed by atoms with Gasteiger partial charge in [-0.15, -0.1) is 0 Å². The molecule has 0 unspecified atom stereocenters. The molecule has 12 heteroatoms. The zero-order valence-corrected chi connectivity index (χ0v) is 24.9. The molecule has 2 aliphatic rings. The van der Waals surface area contributed by atoms with Gasteiger partial charge in [0.25, 0.3) is 0 Å². The van der Waals surface area contributed by atoms with Crippen molar-refractivity contribution in [1.82, 2.24) is 24.4 Å². The van der Waals surface area contributed by atoms with Crippen molar-refractivity contribution in [2.45, 2.75) is 32.7 Å². The second-order valence-corrected chi connectivity index (χ2v) is 11.3. The highest BCUT2D eigenvalue weighted by atomic mass is 35.5. The summed E-state index contributed by atoms with van der Waals surface area (Å²) in [5, 5.41) is 3.94. The maximum Gasteiger partial charge on any atom is 0.356 e. The van der Waals surface area contributed by atoms with Gasteiger partial charge in [-0.3, -0.25) is 9.78 Å². The van der Waals surface area contributed by atoms with E-state index in [0.717, 1.165) is 0 Å². The number of ether oxygens (including phenoxy) is 1.